The molecule has 0 aromatic heterocycles. The lowest BCUT2D eigenvalue weighted by atomic mass is 9.70. The second-order valence-corrected chi connectivity index (χ2v) is 11.2. The van der Waals surface area contributed by atoms with E-state index in [0.717, 1.165) is 19.2 Å². The molecule has 1 aromatic rings. The lowest BCUT2D eigenvalue weighted by molar-refractivity contribution is -0.170. The fraction of sp³-hybridized carbons (Fsp3) is 0.630. The minimum Gasteiger partial charge on any atom is -0.489 e. The maximum atomic E-state index is 14.6. The Hall–Kier alpha value is -2.74. The molecule has 2 N–H and O–H groups in total. The largest absolute Gasteiger partial charge is 0.489 e. The highest BCUT2D eigenvalue weighted by molar-refractivity contribution is 5.97. The van der Waals surface area contributed by atoms with Crippen LogP contribution in [0, 0.1) is 17.2 Å². The summed E-state index contributed by atoms with van der Waals surface area (Å²) in [6.07, 6.45) is -3.90. The Kier molecular flexibility index (Phi) is 9.08. The fourth-order valence-electron chi connectivity index (χ4n) is 5.46. The number of carbonyl (C=O) groups is 2. The van der Waals surface area contributed by atoms with Crippen molar-refractivity contribution < 1.29 is 41.4 Å². The number of hydrogen-bond acceptors (Lipinski definition) is 8. The predicted molar refractivity (Wildman–Crippen MR) is 137 cm³/mol. The SMILES string of the molecule is CC(C)OC(=O)C1=CN(C(=O)c2ccc(F)c(OCCN3CCOCC3)c2)CC(C)(C)C2C1NNC2C(F)(F)F. The highest BCUT2D eigenvalue weighted by Crippen LogP contribution is 2.45. The van der Waals surface area contributed by atoms with Crippen molar-refractivity contribution in [3.05, 3.63) is 41.4 Å². The first kappa shape index (κ1) is 30.2. The molecule has 1 amide bonds. The number of morpholine rings is 1. The number of hydrazine groups is 1. The number of ether oxygens (including phenoxy) is 3. The third-order valence-electron chi connectivity index (χ3n) is 7.36. The molecule has 222 valence electrons. The lowest BCUT2D eigenvalue weighted by Gasteiger charge is -2.38. The van der Waals surface area contributed by atoms with Gasteiger partial charge in [-0.2, -0.15) is 13.2 Å². The van der Waals surface area contributed by atoms with Crippen molar-refractivity contribution in [2.24, 2.45) is 11.3 Å². The van der Waals surface area contributed by atoms with Crippen LogP contribution in [0.1, 0.15) is 38.1 Å². The van der Waals surface area contributed by atoms with Gasteiger partial charge in [0.05, 0.1) is 30.9 Å². The van der Waals surface area contributed by atoms with Crippen LogP contribution in [0.15, 0.2) is 30.0 Å². The van der Waals surface area contributed by atoms with Crippen molar-refractivity contribution >= 4 is 11.9 Å². The standard InChI is InChI=1S/C27H36F4N4O5/c1-16(2)40-25(37)18-14-35(15-26(3,4)21-22(18)32-33-23(21)27(29,30)31)24(36)17-5-6-19(28)20(13-17)39-12-9-34-7-10-38-11-8-34/h5-6,13-14,16,21-23,32-33H,7-12,15H2,1-4H3. The number of esters is 1. The zero-order valence-corrected chi connectivity index (χ0v) is 23.0. The van der Waals surface area contributed by atoms with Gasteiger partial charge in [0.15, 0.2) is 11.6 Å². The first-order chi connectivity index (χ1) is 18.8. The molecular weight excluding hydrogens is 536 g/mol. The molecule has 4 rings (SSSR count). The summed E-state index contributed by atoms with van der Waals surface area (Å²) in [5.41, 5.74) is 3.77. The van der Waals surface area contributed by atoms with Gasteiger partial charge in [-0.05, 0) is 37.5 Å². The molecule has 0 saturated carbocycles. The number of carbonyl (C=O) groups excluding carboxylic acids is 2. The van der Waals surface area contributed by atoms with Gasteiger partial charge in [0, 0.05) is 43.9 Å². The summed E-state index contributed by atoms with van der Waals surface area (Å²) in [5.74, 6) is -3.34. The number of halogens is 4. The summed E-state index contributed by atoms with van der Waals surface area (Å²) in [6.45, 7) is 9.80. The minimum absolute atomic E-state index is 0.0666. The Balaban J connectivity index is 1.61. The van der Waals surface area contributed by atoms with Crippen molar-refractivity contribution in [2.75, 3.05) is 46.0 Å². The number of amides is 1. The first-order valence-electron chi connectivity index (χ1n) is 13.3. The molecule has 3 unspecified atom stereocenters. The summed E-state index contributed by atoms with van der Waals surface area (Å²) < 4.78 is 72.8. The molecule has 1 aromatic carbocycles. The van der Waals surface area contributed by atoms with Crippen LogP contribution < -0.4 is 15.6 Å². The number of nitrogens with zero attached hydrogens (tertiary/aromatic N) is 2. The summed E-state index contributed by atoms with van der Waals surface area (Å²) in [5, 5.41) is 0. The van der Waals surface area contributed by atoms with E-state index in [0.29, 0.717) is 19.8 Å². The molecule has 3 atom stereocenters. The molecule has 3 aliphatic heterocycles. The Labute approximate surface area is 230 Å². The number of alkyl halides is 3. The summed E-state index contributed by atoms with van der Waals surface area (Å²) in [7, 11) is 0. The summed E-state index contributed by atoms with van der Waals surface area (Å²) in [4.78, 5) is 30.1. The zero-order chi connectivity index (χ0) is 29.2. The molecule has 2 fully saturated rings. The third kappa shape index (κ3) is 6.76. The maximum absolute atomic E-state index is 14.6. The first-order valence-corrected chi connectivity index (χ1v) is 13.3. The van der Waals surface area contributed by atoms with Crippen LogP contribution in [0.2, 0.25) is 0 Å². The minimum atomic E-state index is -4.61. The number of rotatable bonds is 7. The number of fused-ring (bicyclic) bond motifs is 1. The van der Waals surface area contributed by atoms with E-state index in [4.69, 9.17) is 14.2 Å². The van der Waals surface area contributed by atoms with E-state index in [1.54, 1.807) is 27.7 Å². The van der Waals surface area contributed by atoms with E-state index in [1.807, 2.05) is 0 Å². The van der Waals surface area contributed by atoms with Crippen molar-refractivity contribution in [3.63, 3.8) is 0 Å². The number of benzene rings is 1. The second kappa shape index (κ2) is 12.0. The van der Waals surface area contributed by atoms with Crippen molar-refractivity contribution in [1.82, 2.24) is 20.7 Å². The van der Waals surface area contributed by atoms with Crippen LogP contribution in [-0.4, -0.2) is 92.0 Å². The molecule has 2 saturated heterocycles. The number of hydrogen-bond donors (Lipinski definition) is 2. The Morgan fingerprint density at radius 3 is 2.52 bits per heavy atom. The highest BCUT2D eigenvalue weighted by Gasteiger charge is 2.59. The Morgan fingerprint density at radius 1 is 1.18 bits per heavy atom. The average molecular weight is 573 g/mol. The van der Waals surface area contributed by atoms with E-state index in [1.165, 1.54) is 23.2 Å². The van der Waals surface area contributed by atoms with Crippen molar-refractivity contribution in [2.45, 2.75) is 52.1 Å². The van der Waals surface area contributed by atoms with Gasteiger partial charge in [-0.15, -0.1) is 0 Å². The summed E-state index contributed by atoms with van der Waals surface area (Å²) in [6, 6.07) is 0.628. The molecule has 0 radical (unpaired) electrons. The molecule has 0 aliphatic carbocycles. The van der Waals surface area contributed by atoms with Crippen LogP contribution in [0.5, 0.6) is 5.75 Å². The normalized spacial score (nSPS) is 25.3. The molecule has 13 heteroatoms. The van der Waals surface area contributed by atoms with E-state index < -0.39 is 53.4 Å². The topological polar surface area (TPSA) is 92.4 Å². The Morgan fingerprint density at radius 2 is 1.88 bits per heavy atom. The van der Waals surface area contributed by atoms with Gasteiger partial charge in [-0.1, -0.05) is 13.8 Å². The molecule has 0 bridgehead atoms. The molecule has 3 heterocycles. The van der Waals surface area contributed by atoms with Crippen LogP contribution in [0.3, 0.4) is 0 Å². The van der Waals surface area contributed by atoms with Crippen LogP contribution in [0.25, 0.3) is 0 Å². The fourth-order valence-corrected chi connectivity index (χ4v) is 5.46. The lowest BCUT2D eigenvalue weighted by Crippen LogP contribution is -2.50. The van der Waals surface area contributed by atoms with Crippen LogP contribution in [0.4, 0.5) is 17.6 Å². The van der Waals surface area contributed by atoms with Gasteiger partial charge >= 0.3 is 12.1 Å². The monoisotopic (exact) mass is 572 g/mol. The smallest absolute Gasteiger partial charge is 0.405 e. The van der Waals surface area contributed by atoms with Gasteiger partial charge in [-0.25, -0.2) is 20.0 Å². The Bertz CT molecular complexity index is 1120. The molecule has 9 nitrogen and oxygen atoms in total. The van der Waals surface area contributed by atoms with E-state index in [9.17, 15) is 27.2 Å². The van der Waals surface area contributed by atoms with E-state index in [2.05, 4.69) is 15.8 Å². The van der Waals surface area contributed by atoms with Crippen molar-refractivity contribution in [1.29, 1.82) is 0 Å². The molecule has 3 aliphatic rings. The van der Waals surface area contributed by atoms with Gasteiger partial charge in [-0.3, -0.25) is 9.69 Å². The molecule has 0 spiro atoms. The van der Waals surface area contributed by atoms with Gasteiger partial charge < -0.3 is 19.1 Å². The molecular formula is C27H36F4N4O5. The third-order valence-corrected chi connectivity index (χ3v) is 7.36. The quantitative estimate of drug-likeness (QED) is 0.381. The predicted octanol–water partition coefficient (Wildman–Crippen LogP) is 2.88. The van der Waals surface area contributed by atoms with Gasteiger partial charge in [0.25, 0.3) is 5.91 Å². The summed E-state index contributed by atoms with van der Waals surface area (Å²) >= 11 is 0. The van der Waals surface area contributed by atoms with Gasteiger partial charge in [0.2, 0.25) is 0 Å². The highest BCUT2D eigenvalue weighted by atomic mass is 19.4. The van der Waals surface area contributed by atoms with Gasteiger partial charge in [0.1, 0.15) is 12.6 Å². The van der Waals surface area contributed by atoms with Crippen molar-refractivity contribution in [3.8, 4) is 5.75 Å². The maximum Gasteiger partial charge on any atom is 0.405 e. The van der Waals surface area contributed by atoms with E-state index in [-0.39, 0.29) is 30.0 Å². The van der Waals surface area contributed by atoms with Crippen LogP contribution >= 0.6 is 0 Å². The second-order valence-electron chi connectivity index (χ2n) is 11.2. The van der Waals surface area contributed by atoms with Crippen LogP contribution in [-0.2, 0) is 14.3 Å². The molecule has 40 heavy (non-hydrogen) atoms. The average Bonchev–Trinajstić information content (AvgIpc) is 3.30. The van der Waals surface area contributed by atoms with E-state index >= 15 is 0 Å². The zero-order valence-electron chi connectivity index (χ0n) is 23.0. The number of nitrogens with one attached hydrogen (secondary N) is 2.